The minimum absolute atomic E-state index is 0.111. The molecule has 176 valence electrons. The SMILES string of the molecule is Cc1ccc(C23C[C@@H]4C[C@@H](CC(C(=O)Nc5nnc(SCc6ccccc6F)s5)(C4)C2)C3)cc1. The van der Waals surface area contributed by atoms with Gasteiger partial charge in [-0.3, -0.25) is 4.79 Å². The van der Waals surface area contributed by atoms with Crippen LogP contribution in [0.3, 0.4) is 0 Å². The number of rotatable bonds is 6. The lowest BCUT2D eigenvalue weighted by atomic mass is 9.42. The molecular weight excluding hydrogens is 465 g/mol. The third-order valence-corrected chi connectivity index (χ3v) is 10.2. The molecule has 4 bridgehead atoms. The number of anilines is 1. The van der Waals surface area contributed by atoms with Gasteiger partial charge in [0.1, 0.15) is 5.82 Å². The lowest BCUT2D eigenvalue weighted by molar-refractivity contribution is -0.143. The van der Waals surface area contributed by atoms with Crippen LogP contribution in [-0.4, -0.2) is 16.1 Å². The maximum atomic E-state index is 13.9. The van der Waals surface area contributed by atoms with E-state index in [2.05, 4.69) is 46.7 Å². The van der Waals surface area contributed by atoms with Crippen LogP contribution in [0.25, 0.3) is 0 Å². The number of carbonyl (C=O) groups excluding carboxylic acids is 1. The Balaban J connectivity index is 1.18. The van der Waals surface area contributed by atoms with E-state index in [0.29, 0.717) is 28.3 Å². The summed E-state index contributed by atoms with van der Waals surface area (Å²) in [5.41, 5.74) is 3.13. The maximum absolute atomic E-state index is 13.9. The first kappa shape index (κ1) is 22.2. The van der Waals surface area contributed by atoms with Crippen LogP contribution in [-0.2, 0) is 16.0 Å². The van der Waals surface area contributed by atoms with E-state index in [1.165, 1.54) is 59.6 Å². The van der Waals surface area contributed by atoms with Gasteiger partial charge in [-0.25, -0.2) is 4.39 Å². The Kier molecular flexibility index (Phi) is 5.52. The third kappa shape index (κ3) is 3.97. The Hall–Kier alpha value is -2.25. The van der Waals surface area contributed by atoms with Gasteiger partial charge in [-0.1, -0.05) is 71.1 Å². The van der Waals surface area contributed by atoms with Gasteiger partial charge in [-0.05, 0) is 79.9 Å². The zero-order valence-electron chi connectivity index (χ0n) is 19.2. The lowest BCUT2D eigenvalue weighted by Gasteiger charge is -2.61. The molecule has 1 heterocycles. The lowest BCUT2D eigenvalue weighted by Crippen LogP contribution is -2.57. The number of nitrogens with zero attached hydrogens (tertiary/aromatic N) is 2. The van der Waals surface area contributed by atoms with Gasteiger partial charge in [-0.2, -0.15) is 0 Å². The van der Waals surface area contributed by atoms with Crippen LogP contribution in [0, 0.1) is 30.0 Å². The van der Waals surface area contributed by atoms with Crippen LogP contribution in [0.2, 0.25) is 0 Å². The highest BCUT2D eigenvalue weighted by atomic mass is 32.2. The molecule has 4 nitrogen and oxygen atoms in total. The molecule has 0 radical (unpaired) electrons. The Morgan fingerprint density at radius 1 is 1.09 bits per heavy atom. The molecule has 0 saturated heterocycles. The monoisotopic (exact) mass is 493 g/mol. The second kappa shape index (κ2) is 8.45. The van der Waals surface area contributed by atoms with Crippen LogP contribution in [0.15, 0.2) is 52.9 Å². The summed E-state index contributed by atoms with van der Waals surface area (Å²) in [5, 5.41) is 12.1. The number of aryl methyl sites for hydroxylation is 1. The molecule has 1 N–H and O–H groups in total. The van der Waals surface area contributed by atoms with Crippen LogP contribution >= 0.6 is 23.1 Å². The molecule has 7 heteroatoms. The van der Waals surface area contributed by atoms with Gasteiger partial charge < -0.3 is 5.32 Å². The number of amides is 1. The highest BCUT2D eigenvalue weighted by Gasteiger charge is 2.61. The van der Waals surface area contributed by atoms with E-state index in [0.717, 1.165) is 23.6 Å². The topological polar surface area (TPSA) is 54.9 Å². The summed E-state index contributed by atoms with van der Waals surface area (Å²) in [6.45, 7) is 2.13. The van der Waals surface area contributed by atoms with E-state index in [1.807, 2.05) is 6.07 Å². The zero-order valence-corrected chi connectivity index (χ0v) is 20.9. The van der Waals surface area contributed by atoms with Gasteiger partial charge >= 0.3 is 0 Å². The number of hydrogen-bond donors (Lipinski definition) is 1. The molecule has 7 rings (SSSR count). The van der Waals surface area contributed by atoms with Gasteiger partial charge in [0, 0.05) is 5.75 Å². The standard InChI is InChI=1S/C27H28FN3OS2/c1-17-6-8-21(9-7-17)26-11-18-10-19(12-26)14-27(13-18,16-26)23(32)29-24-30-31-25(34-24)33-15-20-4-2-3-5-22(20)28/h2-9,18-19H,10-16H2,1H3,(H,29,30,32)/t18-,19+,26?,27?. The number of nitrogens with one attached hydrogen (secondary N) is 1. The molecule has 0 aliphatic heterocycles. The predicted octanol–water partition coefficient (Wildman–Crippen LogP) is 6.75. The van der Waals surface area contributed by atoms with Crippen molar-refractivity contribution in [3.8, 4) is 0 Å². The normalized spacial score (nSPS) is 29.4. The predicted molar refractivity (Wildman–Crippen MR) is 134 cm³/mol. The van der Waals surface area contributed by atoms with Crippen molar-refractivity contribution in [3.63, 3.8) is 0 Å². The average molecular weight is 494 g/mol. The molecule has 4 saturated carbocycles. The summed E-state index contributed by atoms with van der Waals surface area (Å²) in [5.74, 6) is 1.63. The first-order valence-electron chi connectivity index (χ1n) is 12.0. The molecule has 1 amide bonds. The Morgan fingerprint density at radius 2 is 1.82 bits per heavy atom. The van der Waals surface area contributed by atoms with Gasteiger partial charge in [0.15, 0.2) is 4.34 Å². The van der Waals surface area contributed by atoms with E-state index < -0.39 is 0 Å². The first-order valence-corrected chi connectivity index (χ1v) is 13.8. The number of carbonyl (C=O) groups is 1. The van der Waals surface area contributed by atoms with Gasteiger partial charge in [0.2, 0.25) is 11.0 Å². The third-order valence-electron chi connectivity index (χ3n) is 8.14. The average Bonchev–Trinajstić information content (AvgIpc) is 3.25. The fraction of sp³-hybridized carbons (Fsp3) is 0.444. The number of hydrogen-bond acceptors (Lipinski definition) is 5. The van der Waals surface area contributed by atoms with E-state index >= 15 is 0 Å². The van der Waals surface area contributed by atoms with Gasteiger partial charge in [0.05, 0.1) is 5.41 Å². The number of halogens is 1. The van der Waals surface area contributed by atoms with Crippen molar-refractivity contribution in [1.29, 1.82) is 0 Å². The van der Waals surface area contributed by atoms with Crippen molar-refractivity contribution in [1.82, 2.24) is 10.2 Å². The number of thioether (sulfide) groups is 1. The highest BCUT2D eigenvalue weighted by Crippen LogP contribution is 2.66. The molecule has 4 fully saturated rings. The van der Waals surface area contributed by atoms with Crippen molar-refractivity contribution in [2.24, 2.45) is 17.3 Å². The maximum Gasteiger partial charge on any atom is 0.232 e. The van der Waals surface area contributed by atoms with Crippen LogP contribution in [0.1, 0.15) is 55.2 Å². The molecule has 4 aliphatic rings. The fourth-order valence-electron chi connectivity index (χ4n) is 7.08. The van der Waals surface area contributed by atoms with E-state index in [1.54, 1.807) is 12.1 Å². The summed E-state index contributed by atoms with van der Waals surface area (Å²) in [6.07, 6.45) is 6.57. The van der Waals surface area contributed by atoms with E-state index in [-0.39, 0.29) is 22.6 Å². The molecule has 2 aromatic carbocycles. The van der Waals surface area contributed by atoms with Crippen LogP contribution in [0.4, 0.5) is 9.52 Å². The minimum atomic E-state index is -0.318. The molecule has 0 spiro atoms. The summed E-state index contributed by atoms with van der Waals surface area (Å²) < 4.78 is 14.6. The number of aromatic nitrogens is 2. The number of benzene rings is 2. The smallest absolute Gasteiger partial charge is 0.232 e. The highest BCUT2D eigenvalue weighted by molar-refractivity contribution is 8.00. The molecule has 2 unspecified atom stereocenters. The van der Waals surface area contributed by atoms with Crippen LogP contribution in [0.5, 0.6) is 0 Å². The quantitative estimate of drug-likeness (QED) is 0.305. The van der Waals surface area contributed by atoms with Crippen molar-refractivity contribution in [2.45, 2.75) is 61.0 Å². The van der Waals surface area contributed by atoms with Gasteiger partial charge in [0.25, 0.3) is 0 Å². The summed E-state index contributed by atoms with van der Waals surface area (Å²) in [4.78, 5) is 13.7. The fourth-order valence-corrected chi connectivity index (χ4v) is 8.81. The Labute approximate surface area is 207 Å². The molecular formula is C27H28FN3OS2. The second-order valence-corrected chi connectivity index (χ2v) is 12.8. The molecule has 4 aliphatic carbocycles. The molecule has 34 heavy (non-hydrogen) atoms. The Morgan fingerprint density at radius 3 is 2.56 bits per heavy atom. The zero-order chi connectivity index (χ0) is 23.3. The summed E-state index contributed by atoms with van der Waals surface area (Å²) >= 11 is 2.82. The molecule has 1 aromatic heterocycles. The van der Waals surface area contributed by atoms with Crippen LogP contribution < -0.4 is 5.32 Å². The van der Waals surface area contributed by atoms with Crippen molar-refractivity contribution >= 4 is 34.1 Å². The van der Waals surface area contributed by atoms with Gasteiger partial charge in [-0.15, -0.1) is 10.2 Å². The minimum Gasteiger partial charge on any atom is -0.300 e. The van der Waals surface area contributed by atoms with Crippen molar-refractivity contribution < 1.29 is 9.18 Å². The van der Waals surface area contributed by atoms with E-state index in [4.69, 9.17) is 0 Å². The first-order chi connectivity index (χ1) is 16.4. The van der Waals surface area contributed by atoms with Crippen molar-refractivity contribution in [2.75, 3.05) is 5.32 Å². The van der Waals surface area contributed by atoms with Crippen molar-refractivity contribution in [3.05, 3.63) is 71.0 Å². The van der Waals surface area contributed by atoms with E-state index in [9.17, 15) is 9.18 Å². The summed E-state index contributed by atoms with van der Waals surface area (Å²) in [7, 11) is 0. The Bertz CT molecular complexity index is 1210. The summed E-state index contributed by atoms with van der Waals surface area (Å²) in [6, 6.07) is 15.8. The second-order valence-electron chi connectivity index (χ2n) is 10.6. The largest absolute Gasteiger partial charge is 0.300 e. The molecule has 4 atom stereocenters. The molecule has 3 aromatic rings.